The van der Waals surface area contributed by atoms with Gasteiger partial charge in [-0.2, -0.15) is 8.42 Å². The van der Waals surface area contributed by atoms with Gasteiger partial charge in [-0.15, -0.1) is 0 Å². The summed E-state index contributed by atoms with van der Waals surface area (Å²) < 4.78 is 28.7. The maximum absolute atomic E-state index is 12.9. The Kier molecular flexibility index (Phi) is 3.40. The number of rotatable bonds is 2. The molecule has 2 aromatic rings. The predicted octanol–water partition coefficient (Wildman–Crippen LogP) is 1.35. The maximum atomic E-state index is 12.9. The van der Waals surface area contributed by atoms with Crippen LogP contribution in [-0.2, 0) is 21.9 Å². The monoisotopic (exact) mass is 320 g/mol. The number of imidazole rings is 1. The fourth-order valence-electron chi connectivity index (χ4n) is 2.55. The van der Waals surface area contributed by atoms with E-state index in [2.05, 4.69) is 10.3 Å². The first-order valence-electron chi connectivity index (χ1n) is 6.81. The number of benzene rings is 1. The molecule has 0 fully saturated rings. The standard InChI is InChI=1S/C14H16N4O3S/c1-10-7-13(19)16-11-5-3-4-6-12(11)18(10)22(20,21)14-8-17(2)9-15-14/h3-6,8-10H,7H2,1-2H3,(H,16,19)/t10-/m1/s1. The van der Waals surface area contributed by atoms with Gasteiger partial charge in [0.1, 0.15) is 0 Å². The van der Waals surface area contributed by atoms with Crippen molar-refractivity contribution in [1.29, 1.82) is 0 Å². The van der Waals surface area contributed by atoms with E-state index in [1.165, 1.54) is 16.8 Å². The summed E-state index contributed by atoms with van der Waals surface area (Å²) in [6, 6.07) is 6.35. The molecular formula is C14H16N4O3S. The largest absolute Gasteiger partial charge is 0.339 e. The van der Waals surface area contributed by atoms with Crippen molar-refractivity contribution in [2.45, 2.75) is 24.4 Å². The Morgan fingerprint density at radius 1 is 1.32 bits per heavy atom. The van der Waals surface area contributed by atoms with Gasteiger partial charge in [-0.3, -0.25) is 9.10 Å². The van der Waals surface area contributed by atoms with Crippen LogP contribution >= 0.6 is 0 Å². The van der Waals surface area contributed by atoms with Gasteiger partial charge in [-0.05, 0) is 19.1 Å². The number of aromatic nitrogens is 2. The van der Waals surface area contributed by atoms with Gasteiger partial charge in [0.25, 0.3) is 10.0 Å². The molecule has 2 heterocycles. The lowest BCUT2D eigenvalue weighted by Gasteiger charge is -2.28. The Morgan fingerprint density at radius 2 is 2.05 bits per heavy atom. The lowest BCUT2D eigenvalue weighted by molar-refractivity contribution is -0.116. The molecule has 0 spiro atoms. The third kappa shape index (κ3) is 2.35. The van der Waals surface area contributed by atoms with Crippen LogP contribution in [0.15, 0.2) is 41.8 Å². The van der Waals surface area contributed by atoms with Crippen LogP contribution in [0.5, 0.6) is 0 Å². The van der Waals surface area contributed by atoms with Crippen molar-refractivity contribution in [3.05, 3.63) is 36.8 Å². The lowest BCUT2D eigenvalue weighted by Crippen LogP contribution is -2.39. The van der Waals surface area contributed by atoms with Crippen LogP contribution in [0.25, 0.3) is 0 Å². The Labute approximate surface area is 128 Å². The van der Waals surface area contributed by atoms with Gasteiger partial charge in [0.15, 0.2) is 5.03 Å². The van der Waals surface area contributed by atoms with Gasteiger partial charge in [-0.25, -0.2) is 4.98 Å². The highest BCUT2D eigenvalue weighted by Gasteiger charge is 2.35. The molecule has 3 rings (SSSR count). The number of nitrogens with zero attached hydrogens (tertiary/aromatic N) is 3. The maximum Gasteiger partial charge on any atom is 0.283 e. The van der Waals surface area contributed by atoms with Gasteiger partial charge >= 0.3 is 0 Å². The minimum absolute atomic E-state index is 0.0361. The fraction of sp³-hybridized carbons (Fsp3) is 0.286. The molecule has 8 heteroatoms. The summed E-state index contributed by atoms with van der Waals surface area (Å²) in [6.45, 7) is 1.71. The van der Waals surface area contributed by atoms with Gasteiger partial charge in [0, 0.05) is 19.7 Å². The van der Waals surface area contributed by atoms with Crippen molar-refractivity contribution >= 4 is 27.3 Å². The zero-order valence-electron chi connectivity index (χ0n) is 12.2. The molecule has 7 nitrogen and oxygen atoms in total. The van der Waals surface area contributed by atoms with E-state index in [0.717, 1.165) is 0 Å². The lowest BCUT2D eigenvalue weighted by atomic mass is 10.2. The third-order valence-corrected chi connectivity index (χ3v) is 5.32. The van der Waals surface area contributed by atoms with Crippen molar-refractivity contribution < 1.29 is 13.2 Å². The number of para-hydroxylation sites is 2. The third-order valence-electron chi connectivity index (χ3n) is 3.50. The summed E-state index contributed by atoms with van der Waals surface area (Å²) in [5, 5.41) is 2.70. The Bertz CT molecular complexity index is 828. The molecule has 0 aliphatic carbocycles. The number of amides is 1. The van der Waals surface area contributed by atoms with Crippen molar-refractivity contribution in [2.24, 2.45) is 7.05 Å². The van der Waals surface area contributed by atoms with Crippen LogP contribution in [0.2, 0.25) is 0 Å². The highest BCUT2D eigenvalue weighted by atomic mass is 32.2. The second-order valence-electron chi connectivity index (χ2n) is 5.30. The van der Waals surface area contributed by atoms with Crippen molar-refractivity contribution in [3.8, 4) is 0 Å². The number of sulfonamides is 1. The normalized spacial score (nSPS) is 18.5. The van der Waals surface area contributed by atoms with Crippen LogP contribution in [0, 0.1) is 0 Å². The number of hydrogen-bond donors (Lipinski definition) is 1. The van der Waals surface area contributed by atoms with E-state index in [-0.39, 0.29) is 17.4 Å². The molecule has 0 saturated heterocycles. The van der Waals surface area contributed by atoms with Crippen LogP contribution < -0.4 is 9.62 Å². The summed E-state index contributed by atoms with van der Waals surface area (Å²) >= 11 is 0. The highest BCUT2D eigenvalue weighted by Crippen LogP contribution is 2.35. The highest BCUT2D eigenvalue weighted by molar-refractivity contribution is 7.92. The number of hydrogen-bond acceptors (Lipinski definition) is 4. The Morgan fingerprint density at radius 3 is 2.73 bits per heavy atom. The molecule has 1 N–H and O–H groups in total. The molecule has 1 aromatic carbocycles. The molecular weight excluding hydrogens is 304 g/mol. The summed E-state index contributed by atoms with van der Waals surface area (Å²) in [7, 11) is -2.14. The van der Waals surface area contributed by atoms with E-state index >= 15 is 0 Å². The Hall–Kier alpha value is -2.35. The van der Waals surface area contributed by atoms with Crippen LogP contribution in [-0.4, -0.2) is 29.9 Å². The summed E-state index contributed by atoms with van der Waals surface area (Å²) in [6.07, 6.45) is 2.97. The Balaban J connectivity index is 2.18. The zero-order chi connectivity index (χ0) is 15.9. The minimum atomic E-state index is -3.84. The van der Waals surface area contributed by atoms with Crippen molar-refractivity contribution in [1.82, 2.24) is 9.55 Å². The van der Waals surface area contributed by atoms with E-state index < -0.39 is 16.1 Å². The molecule has 0 unspecified atom stereocenters. The van der Waals surface area contributed by atoms with Crippen LogP contribution in [0.4, 0.5) is 11.4 Å². The molecule has 1 amide bonds. The number of carbonyl (C=O) groups is 1. The predicted molar refractivity (Wildman–Crippen MR) is 82.0 cm³/mol. The number of carbonyl (C=O) groups excluding carboxylic acids is 1. The van der Waals surface area contributed by atoms with Gasteiger partial charge in [-0.1, -0.05) is 12.1 Å². The number of anilines is 2. The molecule has 116 valence electrons. The van der Waals surface area contributed by atoms with Crippen molar-refractivity contribution in [3.63, 3.8) is 0 Å². The fourth-order valence-corrected chi connectivity index (χ4v) is 4.20. The summed E-state index contributed by atoms with van der Waals surface area (Å²) in [5.41, 5.74) is 0.933. The van der Waals surface area contributed by atoms with Crippen LogP contribution in [0.1, 0.15) is 13.3 Å². The van der Waals surface area contributed by atoms with E-state index in [9.17, 15) is 13.2 Å². The van der Waals surface area contributed by atoms with E-state index in [1.54, 1.807) is 42.8 Å². The SMILES string of the molecule is C[C@@H]1CC(=O)Nc2ccccc2N1S(=O)(=O)c1cn(C)cn1. The molecule has 1 atom stereocenters. The molecule has 22 heavy (non-hydrogen) atoms. The van der Waals surface area contributed by atoms with Gasteiger partial charge in [0.05, 0.1) is 23.7 Å². The molecule has 0 bridgehead atoms. The number of aryl methyl sites for hydroxylation is 1. The smallest absolute Gasteiger partial charge is 0.283 e. The van der Waals surface area contributed by atoms with E-state index in [4.69, 9.17) is 0 Å². The average molecular weight is 320 g/mol. The molecule has 1 aliphatic heterocycles. The quantitative estimate of drug-likeness (QED) is 0.905. The van der Waals surface area contributed by atoms with Gasteiger partial charge < -0.3 is 9.88 Å². The van der Waals surface area contributed by atoms with E-state index in [0.29, 0.717) is 11.4 Å². The first-order chi connectivity index (χ1) is 10.4. The number of nitrogens with one attached hydrogen (secondary N) is 1. The first kappa shape index (κ1) is 14.6. The topological polar surface area (TPSA) is 84.3 Å². The number of fused-ring (bicyclic) bond motifs is 1. The average Bonchev–Trinajstić information content (AvgIpc) is 2.82. The summed E-state index contributed by atoms with van der Waals surface area (Å²) in [5.74, 6) is -0.210. The summed E-state index contributed by atoms with van der Waals surface area (Å²) in [4.78, 5) is 15.9. The molecule has 0 saturated carbocycles. The molecule has 1 aromatic heterocycles. The van der Waals surface area contributed by atoms with Crippen molar-refractivity contribution in [2.75, 3.05) is 9.62 Å². The first-order valence-corrected chi connectivity index (χ1v) is 8.25. The van der Waals surface area contributed by atoms with E-state index in [1.807, 2.05) is 0 Å². The second kappa shape index (κ2) is 5.13. The van der Waals surface area contributed by atoms with Gasteiger partial charge in [0.2, 0.25) is 5.91 Å². The minimum Gasteiger partial charge on any atom is -0.339 e. The molecule has 1 aliphatic rings. The van der Waals surface area contributed by atoms with Crippen LogP contribution in [0.3, 0.4) is 0 Å². The molecule has 0 radical (unpaired) electrons. The zero-order valence-corrected chi connectivity index (χ0v) is 13.0. The second-order valence-corrected chi connectivity index (χ2v) is 7.06.